The van der Waals surface area contributed by atoms with Crippen LogP contribution >= 0.6 is 0 Å². The first-order valence-corrected chi connectivity index (χ1v) is 10.1. The maximum absolute atomic E-state index is 13.1. The van der Waals surface area contributed by atoms with Gasteiger partial charge >= 0.3 is 6.03 Å². The van der Waals surface area contributed by atoms with Crippen LogP contribution in [0.2, 0.25) is 0 Å². The molecule has 2 aromatic carbocycles. The smallest absolute Gasteiger partial charge is 0.325 e. The Morgan fingerprint density at radius 1 is 1.16 bits per heavy atom. The van der Waals surface area contributed by atoms with E-state index in [0.29, 0.717) is 11.5 Å². The van der Waals surface area contributed by atoms with Gasteiger partial charge in [-0.2, -0.15) is 0 Å². The van der Waals surface area contributed by atoms with E-state index in [0.717, 1.165) is 16.0 Å². The van der Waals surface area contributed by atoms with Crippen molar-refractivity contribution in [1.29, 1.82) is 0 Å². The highest BCUT2D eigenvalue weighted by molar-refractivity contribution is 6.09. The van der Waals surface area contributed by atoms with Gasteiger partial charge in [0.2, 0.25) is 12.7 Å². The van der Waals surface area contributed by atoms with E-state index in [4.69, 9.17) is 9.47 Å². The highest BCUT2D eigenvalue weighted by Gasteiger charge is 2.48. The fraction of sp³-hybridized carbons (Fsp3) is 0.348. The van der Waals surface area contributed by atoms with Crippen LogP contribution in [0.25, 0.3) is 0 Å². The second kappa shape index (κ2) is 7.94. The number of likely N-dealkylation sites (N-methyl/N-ethyl adjacent to an activating group) is 1. The molecule has 1 fully saturated rings. The monoisotopic (exact) mass is 423 g/mol. The van der Waals surface area contributed by atoms with Crippen LogP contribution in [0.15, 0.2) is 48.5 Å². The van der Waals surface area contributed by atoms with Crippen LogP contribution in [0.3, 0.4) is 0 Å². The first-order valence-electron chi connectivity index (χ1n) is 10.1. The van der Waals surface area contributed by atoms with E-state index < -0.39 is 17.5 Å². The van der Waals surface area contributed by atoms with Crippen LogP contribution in [0, 0.1) is 0 Å². The number of fused-ring (bicyclic) bond motifs is 1. The SMILES string of the molecule is C[C@@H](c1ccccc1)N(C)C(=O)CN1C(=O)N[C@](C)(Cc2ccc3c(c2)OCO3)C1=O. The molecule has 162 valence electrons. The van der Waals surface area contributed by atoms with Gasteiger partial charge in [0.05, 0.1) is 6.04 Å². The average molecular weight is 423 g/mol. The third kappa shape index (κ3) is 3.93. The molecule has 8 heteroatoms. The molecular formula is C23H25N3O5. The molecule has 0 aliphatic carbocycles. The molecule has 2 heterocycles. The van der Waals surface area contributed by atoms with Gasteiger partial charge in [0, 0.05) is 13.5 Å². The number of nitrogens with zero attached hydrogens (tertiary/aromatic N) is 2. The van der Waals surface area contributed by atoms with Crippen molar-refractivity contribution in [1.82, 2.24) is 15.1 Å². The summed E-state index contributed by atoms with van der Waals surface area (Å²) in [5, 5.41) is 2.75. The van der Waals surface area contributed by atoms with Crippen LogP contribution in [0.4, 0.5) is 4.79 Å². The number of hydrogen-bond acceptors (Lipinski definition) is 5. The average Bonchev–Trinajstić information content (AvgIpc) is 3.31. The molecule has 0 radical (unpaired) electrons. The maximum Gasteiger partial charge on any atom is 0.325 e. The third-order valence-electron chi connectivity index (χ3n) is 5.89. The molecule has 0 aromatic heterocycles. The van der Waals surface area contributed by atoms with Gasteiger partial charge in [0.1, 0.15) is 12.1 Å². The zero-order valence-corrected chi connectivity index (χ0v) is 17.8. The first-order chi connectivity index (χ1) is 14.8. The fourth-order valence-corrected chi connectivity index (χ4v) is 3.89. The second-order valence-corrected chi connectivity index (χ2v) is 8.11. The summed E-state index contributed by atoms with van der Waals surface area (Å²) in [6.07, 6.45) is 0.273. The number of ether oxygens (including phenoxy) is 2. The van der Waals surface area contributed by atoms with Crippen molar-refractivity contribution in [3.8, 4) is 11.5 Å². The van der Waals surface area contributed by atoms with Crippen LogP contribution in [-0.4, -0.2) is 53.6 Å². The summed E-state index contributed by atoms with van der Waals surface area (Å²) in [6, 6.07) is 14.3. The van der Waals surface area contributed by atoms with E-state index in [1.54, 1.807) is 31.0 Å². The van der Waals surface area contributed by atoms with Gasteiger partial charge in [-0.25, -0.2) is 4.79 Å². The summed E-state index contributed by atoms with van der Waals surface area (Å²) in [5.41, 5.74) is 0.654. The van der Waals surface area contributed by atoms with Crippen molar-refractivity contribution in [2.45, 2.75) is 31.8 Å². The number of carbonyl (C=O) groups excluding carboxylic acids is 3. The van der Waals surface area contributed by atoms with Crippen LogP contribution in [0.1, 0.15) is 31.0 Å². The molecule has 2 atom stereocenters. The minimum atomic E-state index is -1.14. The summed E-state index contributed by atoms with van der Waals surface area (Å²) in [7, 11) is 1.67. The highest BCUT2D eigenvalue weighted by atomic mass is 16.7. The summed E-state index contributed by atoms with van der Waals surface area (Å²) in [5.74, 6) is 0.524. The number of amides is 4. The Kier molecular flexibility index (Phi) is 5.31. The van der Waals surface area contributed by atoms with Gasteiger partial charge in [-0.3, -0.25) is 14.5 Å². The molecule has 0 unspecified atom stereocenters. The van der Waals surface area contributed by atoms with Gasteiger partial charge in [-0.1, -0.05) is 36.4 Å². The topological polar surface area (TPSA) is 88.2 Å². The number of benzene rings is 2. The van der Waals surface area contributed by atoms with Crippen molar-refractivity contribution >= 4 is 17.8 Å². The number of rotatable bonds is 6. The maximum atomic E-state index is 13.1. The summed E-state index contributed by atoms with van der Waals surface area (Å²) >= 11 is 0. The lowest BCUT2D eigenvalue weighted by Crippen LogP contribution is -2.47. The zero-order valence-electron chi connectivity index (χ0n) is 17.8. The second-order valence-electron chi connectivity index (χ2n) is 8.11. The molecule has 2 aliphatic rings. The van der Waals surface area contributed by atoms with E-state index in [9.17, 15) is 14.4 Å². The quantitative estimate of drug-likeness (QED) is 0.722. The summed E-state index contributed by atoms with van der Waals surface area (Å²) in [4.78, 5) is 41.0. The normalized spacial score (nSPS) is 20.5. The van der Waals surface area contributed by atoms with Crippen molar-refractivity contribution in [2.24, 2.45) is 0 Å². The van der Waals surface area contributed by atoms with Crippen molar-refractivity contribution in [3.63, 3.8) is 0 Å². The largest absolute Gasteiger partial charge is 0.454 e. The Hall–Kier alpha value is -3.55. The standard InChI is InChI=1S/C23H25N3O5/c1-15(17-7-5-4-6-8-17)25(3)20(27)13-26-21(28)23(2,24-22(26)29)12-16-9-10-18-19(11-16)31-14-30-18/h4-11,15H,12-14H2,1-3H3,(H,24,29)/t15-,23+/m0/s1. The van der Waals surface area contributed by atoms with Gasteiger partial charge in [-0.05, 0) is 37.1 Å². The molecular weight excluding hydrogens is 398 g/mol. The Morgan fingerprint density at radius 3 is 2.61 bits per heavy atom. The van der Waals surface area contributed by atoms with Gasteiger partial charge < -0.3 is 19.7 Å². The van der Waals surface area contributed by atoms with Gasteiger partial charge in [0.25, 0.3) is 5.91 Å². The summed E-state index contributed by atoms with van der Waals surface area (Å²) < 4.78 is 10.7. The number of imide groups is 1. The van der Waals surface area contributed by atoms with Gasteiger partial charge in [0.15, 0.2) is 11.5 Å². The predicted molar refractivity (Wildman–Crippen MR) is 113 cm³/mol. The number of hydrogen-bond donors (Lipinski definition) is 1. The molecule has 1 N–H and O–H groups in total. The third-order valence-corrected chi connectivity index (χ3v) is 5.89. The molecule has 1 saturated heterocycles. The van der Waals surface area contributed by atoms with Crippen molar-refractivity contribution in [2.75, 3.05) is 20.4 Å². The lowest BCUT2D eigenvalue weighted by molar-refractivity contribution is -0.139. The molecule has 0 bridgehead atoms. The van der Waals surface area contributed by atoms with Crippen molar-refractivity contribution < 1.29 is 23.9 Å². The Morgan fingerprint density at radius 2 is 1.87 bits per heavy atom. The van der Waals surface area contributed by atoms with Crippen molar-refractivity contribution in [3.05, 3.63) is 59.7 Å². The number of nitrogens with one attached hydrogen (secondary N) is 1. The van der Waals surface area contributed by atoms with E-state index in [-0.39, 0.29) is 31.7 Å². The molecule has 4 amide bonds. The minimum Gasteiger partial charge on any atom is -0.454 e. The number of urea groups is 1. The van der Waals surface area contributed by atoms with E-state index in [1.807, 2.05) is 43.3 Å². The Bertz CT molecular complexity index is 1030. The molecule has 8 nitrogen and oxygen atoms in total. The van der Waals surface area contributed by atoms with E-state index in [1.165, 1.54) is 0 Å². The minimum absolute atomic E-state index is 0.163. The van der Waals surface area contributed by atoms with E-state index in [2.05, 4.69) is 5.32 Å². The molecule has 0 saturated carbocycles. The number of carbonyl (C=O) groups is 3. The van der Waals surface area contributed by atoms with E-state index >= 15 is 0 Å². The first kappa shape index (κ1) is 20.7. The lowest BCUT2D eigenvalue weighted by Gasteiger charge is -2.27. The van der Waals surface area contributed by atoms with Crippen LogP contribution in [-0.2, 0) is 16.0 Å². The highest BCUT2D eigenvalue weighted by Crippen LogP contribution is 2.34. The molecule has 0 spiro atoms. The van der Waals surface area contributed by atoms with Crippen LogP contribution < -0.4 is 14.8 Å². The molecule has 4 rings (SSSR count). The Labute approximate surface area is 180 Å². The fourth-order valence-electron chi connectivity index (χ4n) is 3.89. The lowest BCUT2D eigenvalue weighted by atomic mass is 9.92. The molecule has 31 heavy (non-hydrogen) atoms. The molecule has 2 aromatic rings. The van der Waals surface area contributed by atoms with Crippen LogP contribution in [0.5, 0.6) is 11.5 Å². The van der Waals surface area contributed by atoms with Gasteiger partial charge in [-0.15, -0.1) is 0 Å². The summed E-state index contributed by atoms with van der Waals surface area (Å²) in [6.45, 7) is 3.42. The zero-order chi connectivity index (χ0) is 22.2. The predicted octanol–water partition coefficient (Wildman–Crippen LogP) is 2.49. The molecule has 2 aliphatic heterocycles. The Balaban J connectivity index is 1.44.